The summed E-state index contributed by atoms with van der Waals surface area (Å²) in [6, 6.07) is 11.2. The zero-order chi connectivity index (χ0) is 15.4. The maximum Gasteiger partial charge on any atom is 0.141 e. The summed E-state index contributed by atoms with van der Waals surface area (Å²) in [6.07, 6.45) is 0. The van der Waals surface area contributed by atoms with Crippen LogP contribution in [0.1, 0.15) is 18.5 Å². The van der Waals surface area contributed by atoms with Gasteiger partial charge in [0.25, 0.3) is 0 Å². The molecule has 0 unspecified atom stereocenters. The van der Waals surface area contributed by atoms with Crippen molar-refractivity contribution in [2.45, 2.75) is 13.0 Å². The molecule has 0 saturated carbocycles. The first kappa shape index (κ1) is 15.7. The Bertz CT molecular complexity index is 607. The molecule has 2 N–H and O–H groups in total. The molecule has 1 atom stereocenters. The van der Waals surface area contributed by atoms with Crippen LogP contribution in [0.3, 0.4) is 0 Å². The van der Waals surface area contributed by atoms with Gasteiger partial charge < -0.3 is 19.9 Å². The van der Waals surface area contributed by atoms with Gasteiger partial charge in [0.2, 0.25) is 0 Å². The Morgan fingerprint density at radius 1 is 0.952 bits per heavy atom. The molecule has 21 heavy (non-hydrogen) atoms. The fraction of sp³-hybridized carbons (Fsp3) is 0.250. The van der Waals surface area contributed by atoms with Crippen molar-refractivity contribution in [1.82, 2.24) is 0 Å². The monoisotopic (exact) mass is 351 g/mol. The Balaban J connectivity index is 2.29. The molecule has 0 amide bonds. The average Bonchev–Trinajstić information content (AvgIpc) is 2.48. The number of benzene rings is 2. The summed E-state index contributed by atoms with van der Waals surface area (Å²) in [7, 11) is 3.21. The highest BCUT2D eigenvalue weighted by Gasteiger charge is 2.09. The molecule has 2 aromatic rings. The summed E-state index contributed by atoms with van der Waals surface area (Å²) < 4.78 is 17.2. The predicted molar refractivity (Wildman–Crippen MR) is 86.4 cm³/mol. The van der Waals surface area contributed by atoms with Gasteiger partial charge in [-0.15, -0.1) is 0 Å². The second kappa shape index (κ2) is 6.83. The fourth-order valence-corrected chi connectivity index (χ4v) is 2.33. The smallest absolute Gasteiger partial charge is 0.141 e. The third-order valence-electron chi connectivity index (χ3n) is 3.03. The van der Waals surface area contributed by atoms with Crippen molar-refractivity contribution in [2.75, 3.05) is 14.2 Å². The molecule has 0 spiro atoms. The molecule has 0 bridgehead atoms. The molecule has 0 radical (unpaired) electrons. The zero-order valence-electron chi connectivity index (χ0n) is 12.2. The van der Waals surface area contributed by atoms with Crippen LogP contribution in [-0.4, -0.2) is 14.2 Å². The van der Waals surface area contributed by atoms with E-state index < -0.39 is 0 Å². The van der Waals surface area contributed by atoms with E-state index in [2.05, 4.69) is 15.9 Å². The summed E-state index contributed by atoms with van der Waals surface area (Å²) in [5.74, 6) is 2.69. The van der Waals surface area contributed by atoms with Crippen molar-refractivity contribution in [2.24, 2.45) is 5.73 Å². The summed E-state index contributed by atoms with van der Waals surface area (Å²) in [5.41, 5.74) is 6.91. The van der Waals surface area contributed by atoms with Crippen LogP contribution < -0.4 is 19.9 Å². The van der Waals surface area contributed by atoms with Gasteiger partial charge in [-0.2, -0.15) is 0 Å². The van der Waals surface area contributed by atoms with Gasteiger partial charge in [0.05, 0.1) is 18.7 Å². The van der Waals surface area contributed by atoms with Crippen LogP contribution in [0.15, 0.2) is 40.9 Å². The minimum absolute atomic E-state index is 0.0211. The lowest BCUT2D eigenvalue weighted by Crippen LogP contribution is -2.04. The van der Waals surface area contributed by atoms with E-state index in [1.54, 1.807) is 32.4 Å². The van der Waals surface area contributed by atoms with E-state index in [1.165, 1.54) is 0 Å². The molecule has 0 aliphatic heterocycles. The molecular weight excluding hydrogens is 334 g/mol. The normalized spacial score (nSPS) is 11.9. The lowest BCUT2D eigenvalue weighted by molar-refractivity contribution is 0.386. The standard InChI is InChI=1S/C16H18BrNO3/c1-10(18)11-4-5-16(15(17)6-11)21-14-8-12(19-2)7-13(9-14)20-3/h4-10H,18H2,1-3H3/t10-/m0/s1. The van der Waals surface area contributed by atoms with Gasteiger partial charge in [-0.3, -0.25) is 0 Å². The molecule has 0 fully saturated rings. The maximum absolute atomic E-state index is 5.88. The van der Waals surface area contributed by atoms with E-state index >= 15 is 0 Å². The SMILES string of the molecule is COc1cc(OC)cc(Oc2ccc([C@H](C)N)cc2Br)c1. The van der Waals surface area contributed by atoms with Crippen molar-refractivity contribution in [3.05, 3.63) is 46.4 Å². The largest absolute Gasteiger partial charge is 0.496 e. The maximum atomic E-state index is 5.88. The van der Waals surface area contributed by atoms with Gasteiger partial charge in [-0.05, 0) is 40.5 Å². The number of hydrogen-bond acceptors (Lipinski definition) is 4. The molecule has 112 valence electrons. The van der Waals surface area contributed by atoms with E-state index in [0.717, 1.165) is 10.0 Å². The third kappa shape index (κ3) is 3.89. The highest BCUT2D eigenvalue weighted by molar-refractivity contribution is 9.10. The molecule has 0 aliphatic carbocycles. The van der Waals surface area contributed by atoms with E-state index in [1.807, 2.05) is 25.1 Å². The zero-order valence-corrected chi connectivity index (χ0v) is 13.8. The number of nitrogens with two attached hydrogens (primary N) is 1. The second-order valence-electron chi connectivity index (χ2n) is 4.63. The van der Waals surface area contributed by atoms with Crippen LogP contribution in [0, 0.1) is 0 Å². The van der Waals surface area contributed by atoms with Gasteiger partial charge >= 0.3 is 0 Å². The first-order chi connectivity index (χ1) is 10.0. The number of ether oxygens (including phenoxy) is 3. The molecule has 0 aliphatic rings. The molecule has 2 rings (SSSR count). The van der Waals surface area contributed by atoms with Crippen LogP contribution in [0.25, 0.3) is 0 Å². The van der Waals surface area contributed by atoms with E-state index in [9.17, 15) is 0 Å². The summed E-state index contributed by atoms with van der Waals surface area (Å²) in [5, 5.41) is 0. The summed E-state index contributed by atoms with van der Waals surface area (Å²) in [6.45, 7) is 1.94. The molecule has 0 heterocycles. The highest BCUT2D eigenvalue weighted by atomic mass is 79.9. The van der Waals surface area contributed by atoms with Crippen LogP contribution in [0.5, 0.6) is 23.0 Å². The van der Waals surface area contributed by atoms with Crippen LogP contribution in [0.2, 0.25) is 0 Å². The average molecular weight is 352 g/mol. The van der Waals surface area contributed by atoms with E-state index in [0.29, 0.717) is 23.0 Å². The highest BCUT2D eigenvalue weighted by Crippen LogP contribution is 2.35. The minimum Gasteiger partial charge on any atom is -0.496 e. The quantitative estimate of drug-likeness (QED) is 0.873. The predicted octanol–water partition coefficient (Wildman–Crippen LogP) is 4.28. The Hall–Kier alpha value is -1.72. The minimum atomic E-state index is -0.0211. The summed E-state index contributed by atoms with van der Waals surface area (Å²) >= 11 is 3.50. The summed E-state index contributed by atoms with van der Waals surface area (Å²) in [4.78, 5) is 0. The van der Waals surface area contributed by atoms with E-state index in [-0.39, 0.29) is 6.04 Å². The number of rotatable bonds is 5. The number of hydrogen-bond donors (Lipinski definition) is 1. The molecule has 0 saturated heterocycles. The van der Waals surface area contributed by atoms with Crippen molar-refractivity contribution in [1.29, 1.82) is 0 Å². The third-order valence-corrected chi connectivity index (χ3v) is 3.65. The Kier molecular flexibility index (Phi) is 5.09. The first-order valence-electron chi connectivity index (χ1n) is 6.49. The Morgan fingerprint density at radius 2 is 1.52 bits per heavy atom. The molecule has 0 aromatic heterocycles. The van der Waals surface area contributed by atoms with Crippen molar-refractivity contribution < 1.29 is 14.2 Å². The van der Waals surface area contributed by atoms with Gasteiger partial charge in [0, 0.05) is 24.2 Å². The Labute approximate surface area is 132 Å². The lowest BCUT2D eigenvalue weighted by Gasteiger charge is -2.13. The second-order valence-corrected chi connectivity index (χ2v) is 5.48. The molecule has 2 aromatic carbocycles. The lowest BCUT2D eigenvalue weighted by atomic mass is 10.1. The first-order valence-corrected chi connectivity index (χ1v) is 7.28. The van der Waals surface area contributed by atoms with Crippen molar-refractivity contribution >= 4 is 15.9 Å². The van der Waals surface area contributed by atoms with Crippen LogP contribution >= 0.6 is 15.9 Å². The van der Waals surface area contributed by atoms with Gasteiger partial charge in [0.15, 0.2) is 0 Å². The molecule has 4 nitrogen and oxygen atoms in total. The topological polar surface area (TPSA) is 53.7 Å². The number of methoxy groups -OCH3 is 2. The van der Waals surface area contributed by atoms with Crippen molar-refractivity contribution in [3.63, 3.8) is 0 Å². The Morgan fingerprint density at radius 3 is 2.00 bits per heavy atom. The van der Waals surface area contributed by atoms with Crippen LogP contribution in [0.4, 0.5) is 0 Å². The molecular formula is C16H18BrNO3. The van der Waals surface area contributed by atoms with Gasteiger partial charge in [-0.1, -0.05) is 6.07 Å². The van der Waals surface area contributed by atoms with Gasteiger partial charge in [-0.25, -0.2) is 0 Å². The van der Waals surface area contributed by atoms with Crippen LogP contribution in [-0.2, 0) is 0 Å². The molecule has 5 heteroatoms. The van der Waals surface area contributed by atoms with Crippen molar-refractivity contribution in [3.8, 4) is 23.0 Å². The number of halogens is 1. The van der Waals surface area contributed by atoms with E-state index in [4.69, 9.17) is 19.9 Å². The fourth-order valence-electron chi connectivity index (χ4n) is 1.85. The van der Waals surface area contributed by atoms with Gasteiger partial charge in [0.1, 0.15) is 23.0 Å².